The van der Waals surface area contributed by atoms with Gasteiger partial charge in [0.25, 0.3) is 0 Å². The summed E-state index contributed by atoms with van der Waals surface area (Å²) in [4.78, 5) is 59.3. The van der Waals surface area contributed by atoms with Gasteiger partial charge in [-0.25, -0.2) is 0 Å². The SMILES string of the molecule is C/C(=C\[C@H](C(C)C)N(C)C(=O)C(NC(=O)[C@H]1CCCCN1C(C)C)C(C)(C)C)C(=O)N1CCCC1C(=O)NC[C@H](O)CO. The molecule has 0 spiro atoms. The van der Waals surface area contributed by atoms with Crippen molar-refractivity contribution in [3.05, 3.63) is 11.6 Å². The number of aliphatic hydroxyl groups is 2. The zero-order chi connectivity index (χ0) is 32.6. The van der Waals surface area contributed by atoms with Crippen LogP contribution in [0.25, 0.3) is 0 Å². The van der Waals surface area contributed by atoms with Crippen molar-refractivity contribution < 1.29 is 29.4 Å². The van der Waals surface area contributed by atoms with Crippen LogP contribution in [0.5, 0.6) is 0 Å². The molecule has 2 heterocycles. The van der Waals surface area contributed by atoms with Gasteiger partial charge in [0.05, 0.1) is 24.8 Å². The molecule has 0 radical (unpaired) electrons. The fourth-order valence-electron chi connectivity index (χ4n) is 6.08. The molecule has 2 aliphatic heterocycles. The first-order chi connectivity index (χ1) is 20.0. The lowest BCUT2D eigenvalue weighted by Crippen LogP contribution is -2.60. The Morgan fingerprint density at radius 1 is 0.977 bits per heavy atom. The molecular formula is C32H57N5O6. The van der Waals surface area contributed by atoms with Gasteiger partial charge in [-0.15, -0.1) is 0 Å². The summed E-state index contributed by atoms with van der Waals surface area (Å²) in [5, 5.41) is 24.3. The van der Waals surface area contributed by atoms with Crippen LogP contribution in [-0.4, -0.2) is 118 Å². The summed E-state index contributed by atoms with van der Waals surface area (Å²) in [5.41, 5.74) is -0.117. The number of nitrogens with zero attached hydrogens (tertiary/aromatic N) is 3. The Morgan fingerprint density at radius 2 is 1.60 bits per heavy atom. The second-order valence-corrected chi connectivity index (χ2v) is 13.9. The summed E-state index contributed by atoms with van der Waals surface area (Å²) in [5.74, 6) is -1.01. The van der Waals surface area contributed by atoms with Gasteiger partial charge in [-0.1, -0.05) is 47.1 Å². The molecule has 2 fully saturated rings. The predicted molar refractivity (Wildman–Crippen MR) is 167 cm³/mol. The Kier molecular flexibility index (Phi) is 13.6. The maximum absolute atomic E-state index is 14.1. The number of hydrogen-bond acceptors (Lipinski definition) is 7. The van der Waals surface area contributed by atoms with Crippen LogP contribution >= 0.6 is 0 Å². The van der Waals surface area contributed by atoms with Crippen LogP contribution in [0, 0.1) is 11.3 Å². The molecule has 4 N–H and O–H groups in total. The quantitative estimate of drug-likeness (QED) is 0.247. The number of carbonyl (C=O) groups is 4. The first-order valence-electron chi connectivity index (χ1n) is 15.9. The maximum Gasteiger partial charge on any atom is 0.249 e. The van der Waals surface area contributed by atoms with Gasteiger partial charge in [-0.05, 0) is 64.3 Å². The van der Waals surface area contributed by atoms with E-state index in [1.165, 1.54) is 4.90 Å². The van der Waals surface area contributed by atoms with Crippen molar-refractivity contribution in [2.45, 2.75) is 124 Å². The highest BCUT2D eigenvalue weighted by atomic mass is 16.3. The summed E-state index contributed by atoms with van der Waals surface area (Å²) in [6.45, 7) is 16.4. The molecule has 0 saturated carbocycles. The van der Waals surface area contributed by atoms with E-state index < -0.39 is 36.3 Å². The normalized spacial score (nSPS) is 22.3. The first kappa shape index (κ1) is 36.7. The Hall–Kier alpha value is -2.50. The van der Waals surface area contributed by atoms with Crippen LogP contribution in [0.15, 0.2) is 11.6 Å². The number of nitrogens with one attached hydrogen (secondary N) is 2. The fraction of sp³-hybridized carbons (Fsp3) is 0.812. The Balaban J connectivity index is 2.23. The smallest absolute Gasteiger partial charge is 0.249 e. The number of piperidine rings is 1. The number of likely N-dealkylation sites (tertiary alicyclic amines) is 2. The third-order valence-corrected chi connectivity index (χ3v) is 8.68. The molecule has 5 atom stereocenters. The van der Waals surface area contributed by atoms with Crippen LogP contribution in [0.4, 0.5) is 0 Å². The van der Waals surface area contributed by atoms with E-state index in [-0.39, 0.29) is 48.2 Å². The molecule has 2 saturated heterocycles. The van der Waals surface area contributed by atoms with Gasteiger partial charge in [0.1, 0.15) is 12.1 Å². The van der Waals surface area contributed by atoms with Gasteiger partial charge in [-0.3, -0.25) is 24.1 Å². The van der Waals surface area contributed by atoms with Crippen molar-refractivity contribution in [2.75, 3.05) is 33.3 Å². The lowest BCUT2D eigenvalue weighted by molar-refractivity contribution is -0.142. The highest BCUT2D eigenvalue weighted by molar-refractivity contribution is 5.97. The average molecular weight is 608 g/mol. The molecule has 0 aromatic rings. The van der Waals surface area contributed by atoms with E-state index in [1.807, 2.05) is 34.6 Å². The summed E-state index contributed by atoms with van der Waals surface area (Å²) in [6, 6.07) is -1.88. The molecule has 0 aromatic carbocycles. The summed E-state index contributed by atoms with van der Waals surface area (Å²) in [7, 11) is 1.71. The van der Waals surface area contributed by atoms with Gasteiger partial charge in [0.15, 0.2) is 0 Å². The number of likely N-dealkylation sites (N-methyl/N-ethyl adjacent to an activating group) is 1. The summed E-state index contributed by atoms with van der Waals surface area (Å²) >= 11 is 0. The standard InChI is InChI=1S/C32H57N5O6/c1-20(2)26(17-22(5)30(42)37-16-12-14-24(37)28(40)33-18-23(39)19-38)35(9)31(43)27(32(6,7)8)34-29(41)25-13-10-11-15-36(25)21(3)4/h17,20-21,23-27,38-39H,10-16,18-19H2,1-9H3,(H,33,40)(H,34,41)/b22-17+/t23-,24?,25+,26+,27?/m0/s1. The number of aliphatic hydroxyl groups excluding tert-OH is 2. The van der Waals surface area contributed by atoms with Crippen LogP contribution in [0.3, 0.4) is 0 Å². The summed E-state index contributed by atoms with van der Waals surface area (Å²) < 4.78 is 0. The zero-order valence-corrected chi connectivity index (χ0v) is 27.9. The van der Waals surface area contributed by atoms with Crippen LogP contribution in [0.1, 0.15) is 87.5 Å². The van der Waals surface area contributed by atoms with E-state index in [0.29, 0.717) is 25.0 Å². The second kappa shape index (κ2) is 16.0. The molecule has 2 rings (SSSR count). The average Bonchev–Trinajstić information content (AvgIpc) is 3.45. The Labute approximate surface area is 258 Å². The van der Waals surface area contributed by atoms with Crippen LogP contribution < -0.4 is 10.6 Å². The van der Waals surface area contributed by atoms with Crippen molar-refractivity contribution in [1.29, 1.82) is 0 Å². The molecule has 246 valence electrons. The van der Waals surface area contributed by atoms with Gasteiger partial charge < -0.3 is 30.6 Å². The Morgan fingerprint density at radius 3 is 2.16 bits per heavy atom. The van der Waals surface area contributed by atoms with Crippen molar-refractivity contribution >= 4 is 23.6 Å². The van der Waals surface area contributed by atoms with E-state index in [2.05, 4.69) is 29.4 Å². The number of hydrogen-bond donors (Lipinski definition) is 4. The van der Waals surface area contributed by atoms with Crippen LogP contribution in [0.2, 0.25) is 0 Å². The minimum Gasteiger partial charge on any atom is -0.394 e. The van der Waals surface area contributed by atoms with Gasteiger partial charge in [0.2, 0.25) is 23.6 Å². The molecule has 0 aliphatic carbocycles. The van der Waals surface area contributed by atoms with E-state index in [4.69, 9.17) is 5.11 Å². The second-order valence-electron chi connectivity index (χ2n) is 13.9. The molecule has 4 amide bonds. The first-order valence-corrected chi connectivity index (χ1v) is 15.9. The number of carbonyl (C=O) groups excluding carboxylic acids is 4. The maximum atomic E-state index is 14.1. The van der Waals surface area contributed by atoms with Gasteiger partial charge in [-0.2, -0.15) is 0 Å². The van der Waals surface area contributed by atoms with Crippen molar-refractivity contribution in [3.8, 4) is 0 Å². The molecular weight excluding hydrogens is 550 g/mol. The lowest BCUT2D eigenvalue weighted by atomic mass is 9.84. The number of amides is 4. The number of rotatable bonds is 12. The summed E-state index contributed by atoms with van der Waals surface area (Å²) in [6.07, 6.45) is 4.71. The molecule has 2 unspecified atom stereocenters. The van der Waals surface area contributed by atoms with E-state index in [0.717, 1.165) is 25.8 Å². The van der Waals surface area contributed by atoms with Gasteiger partial charge >= 0.3 is 0 Å². The molecule has 11 heteroatoms. The topological polar surface area (TPSA) is 143 Å². The fourth-order valence-corrected chi connectivity index (χ4v) is 6.08. The van der Waals surface area contributed by atoms with Crippen molar-refractivity contribution in [1.82, 2.24) is 25.3 Å². The highest BCUT2D eigenvalue weighted by Gasteiger charge is 2.40. The predicted octanol–water partition coefficient (Wildman–Crippen LogP) is 1.67. The van der Waals surface area contributed by atoms with E-state index in [9.17, 15) is 24.3 Å². The minimum atomic E-state index is -1.06. The molecule has 43 heavy (non-hydrogen) atoms. The van der Waals surface area contributed by atoms with Crippen molar-refractivity contribution in [3.63, 3.8) is 0 Å². The van der Waals surface area contributed by atoms with E-state index >= 15 is 0 Å². The third kappa shape index (κ3) is 9.74. The van der Waals surface area contributed by atoms with E-state index in [1.54, 1.807) is 24.9 Å². The zero-order valence-electron chi connectivity index (χ0n) is 27.9. The Bertz CT molecular complexity index is 1010. The largest absolute Gasteiger partial charge is 0.394 e. The monoisotopic (exact) mass is 607 g/mol. The molecule has 11 nitrogen and oxygen atoms in total. The molecule has 2 aliphatic rings. The van der Waals surface area contributed by atoms with Gasteiger partial charge in [0, 0.05) is 31.8 Å². The minimum absolute atomic E-state index is 0.0274. The molecule has 0 aromatic heterocycles. The van der Waals surface area contributed by atoms with Crippen molar-refractivity contribution in [2.24, 2.45) is 11.3 Å². The van der Waals surface area contributed by atoms with Crippen LogP contribution in [-0.2, 0) is 19.2 Å². The molecule has 0 bridgehead atoms. The highest BCUT2D eigenvalue weighted by Crippen LogP contribution is 2.26. The third-order valence-electron chi connectivity index (χ3n) is 8.68. The lowest BCUT2D eigenvalue weighted by Gasteiger charge is -2.41.